The van der Waals surface area contributed by atoms with Crippen LogP contribution in [0.1, 0.15) is 13.3 Å². The number of carbonyl (C=O) groups is 1. The van der Waals surface area contributed by atoms with Gasteiger partial charge in [0, 0.05) is 19.5 Å². The maximum absolute atomic E-state index is 10.8. The van der Waals surface area contributed by atoms with Gasteiger partial charge in [-0.1, -0.05) is 0 Å². The smallest absolute Gasteiger partial charge is 0.386 e. The largest absolute Gasteiger partial charge is 0.468 e. The molecule has 7 heteroatoms. The minimum atomic E-state index is -4.00. The van der Waals surface area contributed by atoms with Gasteiger partial charge in [-0.2, -0.15) is 13.2 Å². The molecule has 1 aliphatic heterocycles. The van der Waals surface area contributed by atoms with E-state index in [1.807, 2.05) is 0 Å². The van der Waals surface area contributed by atoms with E-state index < -0.39 is 6.18 Å². The first kappa shape index (κ1) is 14.2. The first-order valence-electron chi connectivity index (χ1n) is 4.37. The Bertz CT molecular complexity index is 203. The van der Waals surface area contributed by atoms with E-state index in [-0.39, 0.29) is 25.0 Å². The van der Waals surface area contributed by atoms with E-state index in [4.69, 9.17) is 5.73 Å². The Balaban J connectivity index is 0.000000336. The molecule has 1 aliphatic rings. The molecule has 15 heavy (non-hydrogen) atoms. The summed E-state index contributed by atoms with van der Waals surface area (Å²) >= 11 is 0. The zero-order valence-electron chi connectivity index (χ0n) is 8.60. The van der Waals surface area contributed by atoms with Gasteiger partial charge in [-0.25, -0.2) is 0 Å². The van der Waals surface area contributed by atoms with E-state index in [1.54, 1.807) is 0 Å². The summed E-state index contributed by atoms with van der Waals surface area (Å²) in [4.78, 5) is 10.8. The van der Waals surface area contributed by atoms with Crippen molar-refractivity contribution in [3.05, 3.63) is 0 Å². The molecule has 0 amide bonds. The van der Waals surface area contributed by atoms with Crippen molar-refractivity contribution < 1.29 is 22.7 Å². The van der Waals surface area contributed by atoms with Gasteiger partial charge >= 0.3 is 12.1 Å². The van der Waals surface area contributed by atoms with Gasteiger partial charge in [0.1, 0.15) is 6.04 Å². The molecule has 1 saturated heterocycles. The fourth-order valence-electron chi connectivity index (χ4n) is 1.08. The molecule has 0 radical (unpaired) electrons. The minimum absolute atomic E-state index is 0.101. The normalized spacial score (nSPS) is 25.5. The van der Waals surface area contributed by atoms with Crippen LogP contribution in [0.2, 0.25) is 0 Å². The molecule has 0 spiro atoms. The summed E-state index contributed by atoms with van der Waals surface area (Å²) in [6.45, 7) is 0.896. The van der Waals surface area contributed by atoms with E-state index in [0.717, 1.165) is 0 Å². The lowest BCUT2D eigenvalue weighted by Gasteiger charge is -2.05. The van der Waals surface area contributed by atoms with E-state index in [9.17, 15) is 18.0 Å². The fourth-order valence-corrected chi connectivity index (χ4v) is 1.08. The van der Waals surface area contributed by atoms with Crippen molar-refractivity contribution in [2.45, 2.75) is 31.6 Å². The van der Waals surface area contributed by atoms with E-state index >= 15 is 0 Å². The SMILES string of the molecule is CC(F)(F)F.COC(=O)C1C[C@@H](N)CN1. The van der Waals surface area contributed by atoms with Gasteiger partial charge in [0.15, 0.2) is 0 Å². The van der Waals surface area contributed by atoms with Gasteiger partial charge in [-0.05, 0) is 6.42 Å². The zero-order chi connectivity index (χ0) is 12.1. The summed E-state index contributed by atoms with van der Waals surface area (Å²) in [6.07, 6.45) is -3.31. The molecule has 0 aromatic rings. The number of ether oxygens (including phenoxy) is 1. The third-order valence-corrected chi connectivity index (χ3v) is 1.65. The number of hydrogen-bond donors (Lipinski definition) is 2. The summed E-state index contributed by atoms with van der Waals surface area (Å²) in [5.74, 6) is -0.215. The highest BCUT2D eigenvalue weighted by molar-refractivity contribution is 5.76. The number of carbonyl (C=O) groups excluding carboxylic acids is 1. The monoisotopic (exact) mass is 228 g/mol. The van der Waals surface area contributed by atoms with Gasteiger partial charge in [-0.15, -0.1) is 0 Å². The van der Waals surface area contributed by atoms with Crippen LogP contribution in [0.3, 0.4) is 0 Å². The van der Waals surface area contributed by atoms with Gasteiger partial charge in [0.05, 0.1) is 7.11 Å². The highest BCUT2D eigenvalue weighted by atomic mass is 19.4. The minimum Gasteiger partial charge on any atom is -0.468 e. The number of rotatable bonds is 1. The predicted molar refractivity (Wildman–Crippen MR) is 48.1 cm³/mol. The van der Waals surface area contributed by atoms with Crippen LogP contribution in [0.25, 0.3) is 0 Å². The molecular formula is C8H15F3N2O2. The first-order valence-corrected chi connectivity index (χ1v) is 4.37. The van der Waals surface area contributed by atoms with Crippen molar-refractivity contribution in [3.8, 4) is 0 Å². The van der Waals surface area contributed by atoms with Crippen LogP contribution in [0.15, 0.2) is 0 Å². The zero-order valence-corrected chi connectivity index (χ0v) is 8.60. The number of nitrogens with one attached hydrogen (secondary N) is 1. The topological polar surface area (TPSA) is 64.3 Å². The Hall–Kier alpha value is -0.820. The molecule has 0 saturated carbocycles. The summed E-state index contributed by atoms with van der Waals surface area (Å²) in [5, 5.41) is 2.96. The Labute approximate surface area is 86.0 Å². The number of alkyl halides is 3. The summed E-state index contributed by atoms with van der Waals surface area (Å²) in [7, 11) is 1.38. The van der Waals surface area contributed by atoms with Crippen molar-refractivity contribution >= 4 is 5.97 Å². The van der Waals surface area contributed by atoms with E-state index in [0.29, 0.717) is 13.0 Å². The molecule has 1 heterocycles. The van der Waals surface area contributed by atoms with Crippen molar-refractivity contribution in [1.82, 2.24) is 5.32 Å². The van der Waals surface area contributed by atoms with Gasteiger partial charge in [0.25, 0.3) is 0 Å². The Kier molecular flexibility index (Phi) is 5.59. The predicted octanol–water partition coefficient (Wildman–Crippen LogP) is 0.417. The number of halogens is 3. The molecule has 0 bridgehead atoms. The van der Waals surface area contributed by atoms with Crippen LogP contribution >= 0.6 is 0 Å². The van der Waals surface area contributed by atoms with E-state index in [1.165, 1.54) is 7.11 Å². The van der Waals surface area contributed by atoms with Crippen molar-refractivity contribution in [2.24, 2.45) is 5.73 Å². The van der Waals surface area contributed by atoms with Crippen molar-refractivity contribution in [2.75, 3.05) is 13.7 Å². The number of hydrogen-bond acceptors (Lipinski definition) is 4. The molecule has 1 rings (SSSR count). The molecule has 0 aromatic heterocycles. The Morgan fingerprint density at radius 2 is 2.00 bits per heavy atom. The second-order valence-electron chi connectivity index (χ2n) is 3.26. The van der Waals surface area contributed by atoms with Crippen LogP contribution < -0.4 is 11.1 Å². The van der Waals surface area contributed by atoms with Crippen LogP contribution in [0, 0.1) is 0 Å². The second kappa shape index (κ2) is 5.92. The number of nitrogens with two attached hydrogens (primary N) is 1. The molecule has 3 N–H and O–H groups in total. The lowest BCUT2D eigenvalue weighted by atomic mass is 10.2. The lowest BCUT2D eigenvalue weighted by Crippen LogP contribution is -2.31. The lowest BCUT2D eigenvalue weighted by molar-refractivity contribution is -0.142. The molecule has 1 unspecified atom stereocenters. The quantitative estimate of drug-likeness (QED) is 0.638. The van der Waals surface area contributed by atoms with Gasteiger partial charge in [-0.3, -0.25) is 4.79 Å². The average molecular weight is 228 g/mol. The second-order valence-corrected chi connectivity index (χ2v) is 3.26. The number of methoxy groups -OCH3 is 1. The summed E-state index contributed by atoms with van der Waals surface area (Å²) in [6, 6.07) is -0.0795. The molecule has 1 fully saturated rings. The van der Waals surface area contributed by atoms with Gasteiger partial charge < -0.3 is 15.8 Å². The fraction of sp³-hybridized carbons (Fsp3) is 0.875. The van der Waals surface area contributed by atoms with Crippen LogP contribution in [0.5, 0.6) is 0 Å². The summed E-state index contributed by atoms with van der Waals surface area (Å²) in [5.41, 5.74) is 5.55. The van der Waals surface area contributed by atoms with Crippen LogP contribution in [0.4, 0.5) is 13.2 Å². The standard InChI is InChI=1S/C6H12N2O2.C2H3F3/c1-10-6(9)5-2-4(7)3-8-5;1-2(3,4)5/h4-5,8H,2-3,7H2,1H3;1H3/t4-,5?;/m1./s1. The average Bonchev–Trinajstić information content (AvgIpc) is 2.47. The Morgan fingerprint density at radius 3 is 2.27 bits per heavy atom. The van der Waals surface area contributed by atoms with Crippen LogP contribution in [-0.2, 0) is 9.53 Å². The number of esters is 1. The van der Waals surface area contributed by atoms with Crippen molar-refractivity contribution in [1.29, 1.82) is 0 Å². The Morgan fingerprint density at radius 1 is 1.53 bits per heavy atom. The maximum Gasteiger partial charge on any atom is 0.386 e. The third kappa shape index (κ3) is 8.19. The van der Waals surface area contributed by atoms with Crippen LogP contribution in [-0.4, -0.2) is 37.9 Å². The maximum atomic E-state index is 10.8. The highest BCUT2D eigenvalue weighted by Gasteiger charge is 2.27. The van der Waals surface area contributed by atoms with Gasteiger partial charge in [0.2, 0.25) is 0 Å². The summed E-state index contributed by atoms with van der Waals surface area (Å²) < 4.78 is 35.6. The molecular weight excluding hydrogens is 213 g/mol. The molecule has 90 valence electrons. The molecule has 0 aliphatic carbocycles. The van der Waals surface area contributed by atoms with Crippen molar-refractivity contribution in [3.63, 3.8) is 0 Å². The molecule has 0 aromatic carbocycles. The first-order chi connectivity index (χ1) is 6.74. The third-order valence-electron chi connectivity index (χ3n) is 1.65. The molecule has 4 nitrogen and oxygen atoms in total. The highest BCUT2D eigenvalue weighted by Crippen LogP contribution is 2.10. The van der Waals surface area contributed by atoms with E-state index in [2.05, 4.69) is 10.1 Å². The molecule has 2 atom stereocenters.